The first-order valence-electron chi connectivity index (χ1n) is 4.26. The fourth-order valence-corrected chi connectivity index (χ4v) is 1.50. The van der Waals surface area contributed by atoms with Crippen LogP contribution in [0.25, 0.3) is 11.0 Å². The van der Waals surface area contributed by atoms with Crippen molar-refractivity contribution in [3.8, 4) is 0 Å². The standard InChI is InChI=1S/C10H10N2O2/c1-6-3-4-7-5-8(10(13)14)12(2)9(7)11-6/h3-5H,1-2H3,(H,13,14). The number of carboxylic acids is 1. The van der Waals surface area contributed by atoms with Gasteiger partial charge in [0.15, 0.2) is 0 Å². The minimum atomic E-state index is -0.928. The third kappa shape index (κ3) is 1.16. The van der Waals surface area contributed by atoms with E-state index in [1.54, 1.807) is 17.7 Å². The average Bonchev–Trinajstić information content (AvgIpc) is 2.44. The molecule has 2 heterocycles. The highest BCUT2D eigenvalue weighted by molar-refractivity contribution is 5.93. The molecule has 0 spiro atoms. The van der Waals surface area contributed by atoms with Gasteiger partial charge in [0.2, 0.25) is 0 Å². The number of nitrogens with zero attached hydrogens (tertiary/aromatic N) is 2. The quantitative estimate of drug-likeness (QED) is 0.742. The van der Waals surface area contributed by atoms with E-state index in [0.29, 0.717) is 5.65 Å². The Morgan fingerprint density at radius 3 is 2.86 bits per heavy atom. The van der Waals surface area contributed by atoms with Gasteiger partial charge in [-0.3, -0.25) is 0 Å². The Balaban J connectivity index is 2.80. The van der Waals surface area contributed by atoms with Gasteiger partial charge >= 0.3 is 5.97 Å². The predicted octanol–water partition coefficient (Wildman–Crippen LogP) is 1.58. The molecule has 0 fully saturated rings. The van der Waals surface area contributed by atoms with Crippen LogP contribution in [0.15, 0.2) is 18.2 Å². The summed E-state index contributed by atoms with van der Waals surface area (Å²) >= 11 is 0. The van der Waals surface area contributed by atoms with E-state index in [2.05, 4.69) is 4.98 Å². The zero-order valence-electron chi connectivity index (χ0n) is 7.98. The Bertz CT molecular complexity index is 514. The van der Waals surface area contributed by atoms with E-state index in [9.17, 15) is 4.79 Å². The van der Waals surface area contributed by atoms with Gasteiger partial charge in [-0.05, 0) is 25.1 Å². The fraction of sp³-hybridized carbons (Fsp3) is 0.200. The average molecular weight is 190 g/mol. The second-order valence-electron chi connectivity index (χ2n) is 3.26. The molecule has 0 unspecified atom stereocenters. The second kappa shape index (κ2) is 2.83. The zero-order chi connectivity index (χ0) is 10.3. The Kier molecular flexibility index (Phi) is 1.77. The van der Waals surface area contributed by atoms with E-state index in [0.717, 1.165) is 11.1 Å². The molecule has 14 heavy (non-hydrogen) atoms. The van der Waals surface area contributed by atoms with Crippen LogP contribution >= 0.6 is 0 Å². The lowest BCUT2D eigenvalue weighted by Gasteiger charge is -1.98. The van der Waals surface area contributed by atoms with Crippen LogP contribution in [0.5, 0.6) is 0 Å². The lowest BCUT2D eigenvalue weighted by Crippen LogP contribution is -2.04. The van der Waals surface area contributed by atoms with Crippen molar-refractivity contribution >= 4 is 17.0 Å². The molecule has 0 amide bonds. The normalized spacial score (nSPS) is 10.7. The smallest absolute Gasteiger partial charge is 0.352 e. The molecule has 4 nitrogen and oxygen atoms in total. The summed E-state index contributed by atoms with van der Waals surface area (Å²) in [6.45, 7) is 1.88. The molecule has 2 rings (SSSR count). The van der Waals surface area contributed by atoms with Crippen molar-refractivity contribution in [1.82, 2.24) is 9.55 Å². The molecule has 0 aliphatic heterocycles. The molecule has 0 aromatic carbocycles. The lowest BCUT2D eigenvalue weighted by molar-refractivity contribution is 0.0687. The van der Waals surface area contributed by atoms with Crippen molar-refractivity contribution in [2.24, 2.45) is 7.05 Å². The van der Waals surface area contributed by atoms with Crippen LogP contribution in [-0.2, 0) is 7.05 Å². The number of hydrogen-bond acceptors (Lipinski definition) is 2. The van der Waals surface area contributed by atoms with Crippen molar-refractivity contribution in [2.75, 3.05) is 0 Å². The van der Waals surface area contributed by atoms with Gasteiger partial charge in [0.25, 0.3) is 0 Å². The molecule has 0 atom stereocenters. The van der Waals surface area contributed by atoms with Gasteiger partial charge in [-0.1, -0.05) is 0 Å². The van der Waals surface area contributed by atoms with Crippen LogP contribution in [0.4, 0.5) is 0 Å². The fourth-order valence-electron chi connectivity index (χ4n) is 1.50. The van der Waals surface area contributed by atoms with Gasteiger partial charge in [-0.25, -0.2) is 9.78 Å². The van der Waals surface area contributed by atoms with Crippen LogP contribution in [0.3, 0.4) is 0 Å². The molecular weight excluding hydrogens is 180 g/mol. The number of rotatable bonds is 1. The second-order valence-corrected chi connectivity index (χ2v) is 3.26. The van der Waals surface area contributed by atoms with Gasteiger partial charge in [-0.2, -0.15) is 0 Å². The molecule has 0 bridgehead atoms. The van der Waals surface area contributed by atoms with E-state index in [1.165, 1.54) is 0 Å². The monoisotopic (exact) mass is 190 g/mol. The van der Waals surface area contributed by atoms with Crippen molar-refractivity contribution in [2.45, 2.75) is 6.92 Å². The van der Waals surface area contributed by atoms with E-state index in [4.69, 9.17) is 5.11 Å². The number of carboxylic acid groups (broad SMARTS) is 1. The third-order valence-electron chi connectivity index (χ3n) is 2.23. The molecule has 0 aliphatic carbocycles. The molecule has 0 saturated carbocycles. The van der Waals surface area contributed by atoms with E-state index in [-0.39, 0.29) is 5.69 Å². The van der Waals surface area contributed by atoms with E-state index in [1.807, 2.05) is 19.1 Å². The highest BCUT2D eigenvalue weighted by Gasteiger charge is 2.12. The highest BCUT2D eigenvalue weighted by atomic mass is 16.4. The molecule has 72 valence electrons. The number of aromatic nitrogens is 2. The Morgan fingerprint density at radius 2 is 2.21 bits per heavy atom. The van der Waals surface area contributed by atoms with Crippen LogP contribution in [0.2, 0.25) is 0 Å². The maximum absolute atomic E-state index is 10.8. The first kappa shape index (κ1) is 8.74. The molecule has 0 saturated heterocycles. The summed E-state index contributed by atoms with van der Waals surface area (Å²) in [5, 5.41) is 9.74. The van der Waals surface area contributed by atoms with Crippen LogP contribution < -0.4 is 0 Å². The van der Waals surface area contributed by atoms with Crippen molar-refractivity contribution < 1.29 is 9.90 Å². The zero-order valence-corrected chi connectivity index (χ0v) is 7.98. The summed E-state index contributed by atoms with van der Waals surface area (Å²) < 4.78 is 1.59. The maximum atomic E-state index is 10.8. The minimum absolute atomic E-state index is 0.262. The van der Waals surface area contributed by atoms with Crippen LogP contribution in [-0.4, -0.2) is 20.6 Å². The van der Waals surface area contributed by atoms with Crippen molar-refractivity contribution in [3.05, 3.63) is 29.6 Å². The molecular formula is C10H10N2O2. The summed E-state index contributed by atoms with van der Waals surface area (Å²) in [4.78, 5) is 15.1. The largest absolute Gasteiger partial charge is 0.477 e. The number of pyridine rings is 1. The van der Waals surface area contributed by atoms with Crippen LogP contribution in [0.1, 0.15) is 16.2 Å². The number of fused-ring (bicyclic) bond motifs is 1. The third-order valence-corrected chi connectivity index (χ3v) is 2.23. The summed E-state index contributed by atoms with van der Waals surface area (Å²) in [5.74, 6) is -0.928. The van der Waals surface area contributed by atoms with Gasteiger partial charge < -0.3 is 9.67 Å². The summed E-state index contributed by atoms with van der Waals surface area (Å²) in [6.07, 6.45) is 0. The maximum Gasteiger partial charge on any atom is 0.352 e. The molecule has 2 aromatic rings. The predicted molar refractivity (Wildman–Crippen MR) is 52.4 cm³/mol. The number of carbonyl (C=O) groups is 1. The number of hydrogen-bond donors (Lipinski definition) is 1. The molecule has 0 aliphatic rings. The molecule has 2 aromatic heterocycles. The first-order valence-corrected chi connectivity index (χ1v) is 4.26. The minimum Gasteiger partial charge on any atom is -0.477 e. The lowest BCUT2D eigenvalue weighted by atomic mass is 10.3. The van der Waals surface area contributed by atoms with Gasteiger partial charge in [0, 0.05) is 18.1 Å². The summed E-state index contributed by atoms with van der Waals surface area (Å²) in [6, 6.07) is 5.38. The highest BCUT2D eigenvalue weighted by Crippen LogP contribution is 2.16. The molecule has 1 N–H and O–H groups in total. The van der Waals surface area contributed by atoms with Gasteiger partial charge in [-0.15, -0.1) is 0 Å². The summed E-state index contributed by atoms with van der Waals surface area (Å²) in [7, 11) is 1.71. The van der Waals surface area contributed by atoms with Crippen LogP contribution in [0, 0.1) is 6.92 Å². The number of aromatic carboxylic acids is 1. The topological polar surface area (TPSA) is 55.1 Å². The first-order chi connectivity index (χ1) is 6.59. The summed E-state index contributed by atoms with van der Waals surface area (Å²) in [5.41, 5.74) is 1.86. The van der Waals surface area contributed by atoms with Gasteiger partial charge in [0.05, 0.1) is 0 Å². The van der Waals surface area contributed by atoms with Crippen molar-refractivity contribution in [3.63, 3.8) is 0 Å². The Morgan fingerprint density at radius 1 is 1.50 bits per heavy atom. The Hall–Kier alpha value is -1.84. The Labute approximate surface area is 80.8 Å². The van der Waals surface area contributed by atoms with E-state index >= 15 is 0 Å². The van der Waals surface area contributed by atoms with Gasteiger partial charge in [0.1, 0.15) is 11.3 Å². The van der Waals surface area contributed by atoms with Crippen molar-refractivity contribution in [1.29, 1.82) is 0 Å². The molecule has 0 radical (unpaired) electrons. The SMILES string of the molecule is Cc1ccc2cc(C(=O)O)n(C)c2n1. The van der Waals surface area contributed by atoms with E-state index < -0.39 is 5.97 Å². The number of aryl methyl sites for hydroxylation is 2. The molecule has 4 heteroatoms.